The quantitative estimate of drug-likeness (QED) is 0.716. The molecule has 0 unspecified atom stereocenters. The maximum absolute atomic E-state index is 12.2. The van der Waals surface area contributed by atoms with Crippen LogP contribution in [0.1, 0.15) is 39.5 Å². The number of hydrogen-bond donors (Lipinski definition) is 2. The molecule has 3 aliphatic rings. The monoisotopic (exact) mass is 338 g/mol. The van der Waals surface area contributed by atoms with E-state index >= 15 is 0 Å². The number of imide groups is 1. The van der Waals surface area contributed by atoms with Gasteiger partial charge >= 0.3 is 6.03 Å². The zero-order valence-corrected chi connectivity index (χ0v) is 14.8. The number of ether oxygens (including phenoxy) is 1. The first-order valence-electron chi connectivity index (χ1n) is 9.18. The van der Waals surface area contributed by atoms with Crippen LogP contribution in [0.4, 0.5) is 4.79 Å². The minimum Gasteiger partial charge on any atom is -0.379 e. The summed E-state index contributed by atoms with van der Waals surface area (Å²) in [6, 6.07) is 0.702. The molecule has 0 aromatic rings. The van der Waals surface area contributed by atoms with E-state index in [0.717, 1.165) is 32.7 Å². The van der Waals surface area contributed by atoms with Gasteiger partial charge in [-0.15, -0.1) is 0 Å². The fourth-order valence-electron chi connectivity index (χ4n) is 4.08. The molecule has 136 valence electrons. The Bertz CT molecular complexity index is 476. The molecule has 2 saturated heterocycles. The third kappa shape index (κ3) is 3.73. The summed E-state index contributed by atoms with van der Waals surface area (Å²) < 4.78 is 5.47. The van der Waals surface area contributed by atoms with Crippen LogP contribution >= 0.6 is 0 Å². The molecule has 3 amide bonds. The van der Waals surface area contributed by atoms with E-state index in [1.54, 1.807) is 13.8 Å². The molecule has 7 nitrogen and oxygen atoms in total. The Morgan fingerprint density at radius 3 is 2.58 bits per heavy atom. The van der Waals surface area contributed by atoms with Gasteiger partial charge in [0.25, 0.3) is 5.91 Å². The highest BCUT2D eigenvalue weighted by Crippen LogP contribution is 2.24. The number of amides is 3. The van der Waals surface area contributed by atoms with E-state index < -0.39 is 5.54 Å². The van der Waals surface area contributed by atoms with Crippen molar-refractivity contribution in [3.63, 3.8) is 0 Å². The van der Waals surface area contributed by atoms with Crippen molar-refractivity contribution in [2.75, 3.05) is 39.4 Å². The van der Waals surface area contributed by atoms with Crippen LogP contribution in [-0.2, 0) is 9.53 Å². The number of nitrogens with zero attached hydrogens (tertiary/aromatic N) is 2. The van der Waals surface area contributed by atoms with E-state index in [4.69, 9.17) is 4.74 Å². The molecule has 0 bridgehead atoms. The number of urea groups is 1. The summed E-state index contributed by atoms with van der Waals surface area (Å²) >= 11 is 0. The molecule has 0 spiro atoms. The predicted octanol–water partition coefficient (Wildman–Crippen LogP) is 0.550. The maximum Gasteiger partial charge on any atom is 0.325 e. The van der Waals surface area contributed by atoms with E-state index in [9.17, 15) is 9.59 Å². The number of morpholine rings is 1. The molecule has 2 aliphatic heterocycles. The Hall–Kier alpha value is -1.18. The highest BCUT2D eigenvalue weighted by molar-refractivity contribution is 6.06. The molecular formula is C17H30N4O3. The second-order valence-corrected chi connectivity index (χ2v) is 7.57. The molecule has 7 heteroatoms. The van der Waals surface area contributed by atoms with Gasteiger partial charge in [0.05, 0.1) is 13.2 Å². The highest BCUT2D eigenvalue weighted by atomic mass is 16.5. The van der Waals surface area contributed by atoms with Crippen molar-refractivity contribution in [2.45, 2.75) is 57.2 Å². The SMILES string of the molecule is CC1(C)NC(=O)N(CCN[C@@H]2CCCC[C@H]2N2CCOCC2)C1=O. The molecule has 2 N–H and O–H groups in total. The molecule has 0 radical (unpaired) electrons. The van der Waals surface area contributed by atoms with Crippen molar-refractivity contribution in [3.8, 4) is 0 Å². The van der Waals surface area contributed by atoms with Crippen LogP contribution in [0, 0.1) is 0 Å². The lowest BCUT2D eigenvalue weighted by atomic mass is 9.89. The Kier molecular flexibility index (Phi) is 5.42. The Labute approximate surface area is 144 Å². The van der Waals surface area contributed by atoms with Gasteiger partial charge in [-0.2, -0.15) is 0 Å². The van der Waals surface area contributed by atoms with Crippen molar-refractivity contribution in [2.24, 2.45) is 0 Å². The highest BCUT2D eigenvalue weighted by Gasteiger charge is 2.44. The smallest absolute Gasteiger partial charge is 0.325 e. The molecule has 1 aliphatic carbocycles. The number of carbonyl (C=O) groups excluding carboxylic acids is 2. The molecule has 1 saturated carbocycles. The Balaban J connectivity index is 1.51. The third-order valence-electron chi connectivity index (χ3n) is 5.43. The topological polar surface area (TPSA) is 73.9 Å². The maximum atomic E-state index is 12.2. The van der Waals surface area contributed by atoms with Crippen molar-refractivity contribution in [1.82, 2.24) is 20.4 Å². The molecule has 3 fully saturated rings. The zero-order valence-electron chi connectivity index (χ0n) is 14.8. The van der Waals surface area contributed by atoms with Crippen molar-refractivity contribution < 1.29 is 14.3 Å². The van der Waals surface area contributed by atoms with Crippen molar-refractivity contribution in [3.05, 3.63) is 0 Å². The summed E-state index contributed by atoms with van der Waals surface area (Å²) in [6.07, 6.45) is 4.90. The van der Waals surface area contributed by atoms with E-state index in [0.29, 0.717) is 25.2 Å². The summed E-state index contributed by atoms with van der Waals surface area (Å²) in [5.41, 5.74) is -0.780. The predicted molar refractivity (Wildman–Crippen MR) is 90.8 cm³/mol. The van der Waals surface area contributed by atoms with E-state index in [1.165, 1.54) is 24.2 Å². The first-order chi connectivity index (χ1) is 11.5. The summed E-state index contributed by atoms with van der Waals surface area (Å²) in [5, 5.41) is 6.34. The van der Waals surface area contributed by atoms with Gasteiger partial charge in [-0.3, -0.25) is 14.6 Å². The lowest BCUT2D eigenvalue weighted by Crippen LogP contribution is -2.55. The minimum absolute atomic E-state index is 0.136. The van der Waals surface area contributed by atoms with Gasteiger partial charge in [0.15, 0.2) is 0 Å². The zero-order chi connectivity index (χ0) is 17.2. The van der Waals surface area contributed by atoms with Crippen molar-refractivity contribution >= 4 is 11.9 Å². The van der Waals surface area contributed by atoms with E-state index in [1.807, 2.05) is 0 Å². The van der Waals surface area contributed by atoms with Gasteiger partial charge in [0.1, 0.15) is 5.54 Å². The molecule has 24 heavy (non-hydrogen) atoms. The van der Waals surface area contributed by atoms with E-state index in [2.05, 4.69) is 15.5 Å². The molecule has 0 aromatic heterocycles. The molecule has 3 rings (SSSR count). The average molecular weight is 338 g/mol. The van der Waals surface area contributed by atoms with Crippen LogP contribution < -0.4 is 10.6 Å². The van der Waals surface area contributed by atoms with Gasteiger partial charge in [-0.1, -0.05) is 12.8 Å². The second kappa shape index (κ2) is 7.37. The summed E-state index contributed by atoms with van der Waals surface area (Å²) in [6.45, 7) is 8.23. The van der Waals surface area contributed by atoms with Crippen LogP contribution in [0.5, 0.6) is 0 Å². The van der Waals surface area contributed by atoms with Crippen LogP contribution in [0.25, 0.3) is 0 Å². The first-order valence-corrected chi connectivity index (χ1v) is 9.18. The number of hydrogen-bond acceptors (Lipinski definition) is 5. The fraction of sp³-hybridized carbons (Fsp3) is 0.882. The normalized spacial score (nSPS) is 31.3. The first kappa shape index (κ1) is 17.6. The summed E-state index contributed by atoms with van der Waals surface area (Å²) in [5.74, 6) is -0.136. The molecule has 0 aromatic carbocycles. The molecule has 2 atom stereocenters. The van der Waals surface area contributed by atoms with Gasteiger partial charge < -0.3 is 15.4 Å². The Morgan fingerprint density at radius 2 is 1.92 bits per heavy atom. The lowest BCUT2D eigenvalue weighted by molar-refractivity contribution is -0.130. The van der Waals surface area contributed by atoms with Gasteiger partial charge in [0, 0.05) is 38.3 Å². The molecular weight excluding hydrogens is 308 g/mol. The Morgan fingerprint density at radius 1 is 1.21 bits per heavy atom. The van der Waals surface area contributed by atoms with Gasteiger partial charge in [-0.25, -0.2) is 4.79 Å². The van der Waals surface area contributed by atoms with E-state index in [-0.39, 0.29) is 11.9 Å². The van der Waals surface area contributed by atoms with Crippen molar-refractivity contribution in [1.29, 1.82) is 0 Å². The third-order valence-corrected chi connectivity index (χ3v) is 5.43. The fourth-order valence-corrected chi connectivity index (χ4v) is 4.08. The standard InChI is InChI=1S/C17H30N4O3/c1-17(2)15(22)21(16(23)19-17)8-7-18-13-5-3-4-6-14(13)20-9-11-24-12-10-20/h13-14,18H,3-12H2,1-2H3,(H,19,23)/t13-,14-/m1/s1. The average Bonchev–Trinajstić information content (AvgIpc) is 2.77. The van der Waals surface area contributed by atoms with Gasteiger partial charge in [0.2, 0.25) is 0 Å². The van der Waals surface area contributed by atoms with Crippen LogP contribution in [-0.4, -0.2) is 78.8 Å². The number of rotatable bonds is 5. The van der Waals surface area contributed by atoms with Crippen LogP contribution in [0.3, 0.4) is 0 Å². The summed E-state index contributed by atoms with van der Waals surface area (Å²) in [4.78, 5) is 28.0. The molecule has 2 heterocycles. The largest absolute Gasteiger partial charge is 0.379 e. The summed E-state index contributed by atoms with van der Waals surface area (Å²) in [7, 11) is 0. The van der Waals surface area contributed by atoms with Gasteiger partial charge in [-0.05, 0) is 26.7 Å². The van der Waals surface area contributed by atoms with Crippen LogP contribution in [0.2, 0.25) is 0 Å². The number of carbonyl (C=O) groups is 2. The second-order valence-electron chi connectivity index (χ2n) is 7.57. The lowest BCUT2D eigenvalue weighted by Gasteiger charge is -2.42. The number of nitrogens with one attached hydrogen (secondary N) is 2. The van der Waals surface area contributed by atoms with Crippen LogP contribution in [0.15, 0.2) is 0 Å². The minimum atomic E-state index is -0.780.